The molecule has 2 atom stereocenters. The maximum atomic E-state index is 13.7. The lowest BCUT2D eigenvalue weighted by Gasteiger charge is -2.31. The Kier molecular flexibility index (Phi) is 7.43. The summed E-state index contributed by atoms with van der Waals surface area (Å²) in [5, 5.41) is 2.54. The molecule has 2 rings (SSSR count). The van der Waals surface area contributed by atoms with Gasteiger partial charge < -0.3 is 4.74 Å². The average molecular weight is 410 g/mol. The second-order valence-electron chi connectivity index (χ2n) is 7.66. The van der Waals surface area contributed by atoms with E-state index in [4.69, 9.17) is 4.74 Å². The molecule has 0 aliphatic carbocycles. The van der Waals surface area contributed by atoms with Gasteiger partial charge in [0.05, 0.1) is 15.2 Å². The first kappa shape index (κ1) is 22.2. The van der Waals surface area contributed by atoms with Gasteiger partial charge >= 0.3 is 12.1 Å². The van der Waals surface area contributed by atoms with Crippen LogP contribution < -0.4 is 5.32 Å². The molecule has 152 valence electrons. The number of hydrogen-bond acceptors (Lipinski definition) is 3. The molecule has 2 aromatic rings. The predicted octanol–water partition coefficient (Wildman–Crippen LogP) is 4.91. The molecule has 0 heterocycles. The van der Waals surface area contributed by atoms with E-state index in [1.165, 1.54) is 19.2 Å². The normalized spacial score (nSPS) is 14.4. The van der Waals surface area contributed by atoms with Crippen LogP contribution in [0.3, 0.4) is 0 Å². The molecule has 0 spiro atoms. The number of nitrogens with one attached hydrogen (secondary N) is 1. The molecule has 0 aromatic heterocycles. The van der Waals surface area contributed by atoms with E-state index >= 15 is 0 Å². The molecule has 1 unspecified atom stereocenters. The summed E-state index contributed by atoms with van der Waals surface area (Å²) in [5.41, 5.74) is 1.20. The van der Waals surface area contributed by atoms with E-state index in [9.17, 15) is 18.0 Å². The zero-order chi connectivity index (χ0) is 20.8. The van der Waals surface area contributed by atoms with Gasteiger partial charge in [0, 0.05) is 0 Å². The zero-order valence-corrected chi connectivity index (χ0v) is 17.3. The van der Waals surface area contributed by atoms with Crippen LogP contribution in [0.1, 0.15) is 17.2 Å². The van der Waals surface area contributed by atoms with Crippen LogP contribution in [0, 0.1) is 0 Å². The molecular weight excluding hydrogens is 383 g/mol. The van der Waals surface area contributed by atoms with Crippen LogP contribution in [0.15, 0.2) is 60.7 Å². The third-order valence-corrected chi connectivity index (χ3v) is 7.47. The lowest BCUT2D eigenvalue weighted by molar-refractivity contribution is -0.163. The Morgan fingerprint density at radius 2 is 1.57 bits per heavy atom. The van der Waals surface area contributed by atoms with Crippen LogP contribution in [0.4, 0.5) is 13.2 Å². The van der Waals surface area contributed by atoms with Crippen molar-refractivity contribution in [3.63, 3.8) is 0 Å². The molecule has 0 aliphatic heterocycles. The molecule has 0 amide bonds. The maximum Gasteiger partial charge on any atom is 0.407 e. The third-order valence-electron chi connectivity index (χ3n) is 4.60. The lowest BCUT2D eigenvalue weighted by Crippen LogP contribution is -2.49. The van der Waals surface area contributed by atoms with E-state index in [-0.39, 0.29) is 5.56 Å². The van der Waals surface area contributed by atoms with E-state index in [1.54, 1.807) is 18.2 Å². The molecule has 0 bridgehead atoms. The predicted molar refractivity (Wildman–Crippen MR) is 107 cm³/mol. The number of carbonyl (C=O) groups is 1. The fourth-order valence-corrected chi connectivity index (χ4v) is 6.23. The van der Waals surface area contributed by atoms with Gasteiger partial charge in [-0.05, 0) is 17.7 Å². The highest BCUT2D eigenvalue weighted by molar-refractivity contribution is 6.77. The highest BCUT2D eigenvalue weighted by Gasteiger charge is 2.44. The van der Waals surface area contributed by atoms with Crippen LogP contribution in [0.25, 0.3) is 0 Å². The summed E-state index contributed by atoms with van der Waals surface area (Å²) in [6, 6.07) is 15.5. The minimum atomic E-state index is -4.53. The highest BCUT2D eigenvalue weighted by Crippen LogP contribution is 2.34. The van der Waals surface area contributed by atoms with Crippen molar-refractivity contribution in [1.82, 2.24) is 5.32 Å². The van der Waals surface area contributed by atoms with Crippen LogP contribution in [0.5, 0.6) is 0 Å². The quantitative estimate of drug-likeness (QED) is 0.497. The molecule has 3 nitrogen and oxygen atoms in total. The van der Waals surface area contributed by atoms with Crippen LogP contribution in [0.2, 0.25) is 19.1 Å². The Balaban J connectivity index is 2.23. The van der Waals surface area contributed by atoms with Gasteiger partial charge in [-0.15, -0.1) is 0 Å². The number of methoxy groups -OCH3 is 1. The van der Waals surface area contributed by atoms with Crippen molar-refractivity contribution < 1.29 is 22.7 Å². The van der Waals surface area contributed by atoms with Gasteiger partial charge in [0.25, 0.3) is 0 Å². The van der Waals surface area contributed by atoms with Gasteiger partial charge in [-0.25, -0.2) is 0 Å². The lowest BCUT2D eigenvalue weighted by atomic mass is 10.1. The molecule has 0 fully saturated rings. The first-order chi connectivity index (χ1) is 13.1. The topological polar surface area (TPSA) is 38.3 Å². The fraction of sp³-hybridized carbons (Fsp3) is 0.381. The second-order valence-corrected chi connectivity index (χ2v) is 12.7. The number of rotatable bonds is 8. The molecule has 1 N–H and O–H groups in total. The summed E-state index contributed by atoms with van der Waals surface area (Å²) in [6.45, 7) is 4.14. The van der Waals surface area contributed by atoms with Gasteiger partial charge in [-0.1, -0.05) is 79.3 Å². The number of benzene rings is 2. The monoisotopic (exact) mass is 409 g/mol. The molecule has 28 heavy (non-hydrogen) atoms. The van der Waals surface area contributed by atoms with E-state index in [1.807, 2.05) is 30.3 Å². The smallest absolute Gasteiger partial charge is 0.407 e. The van der Waals surface area contributed by atoms with Crippen LogP contribution in [-0.4, -0.2) is 33.4 Å². The first-order valence-electron chi connectivity index (χ1n) is 9.12. The number of esters is 1. The first-order valence-corrected chi connectivity index (χ1v) is 12.5. The molecule has 7 heteroatoms. The van der Waals surface area contributed by atoms with E-state index in [2.05, 4.69) is 18.4 Å². The number of halogens is 3. The van der Waals surface area contributed by atoms with Crippen LogP contribution >= 0.6 is 0 Å². The molecule has 0 aliphatic rings. The Morgan fingerprint density at radius 1 is 1.04 bits per heavy atom. The molecule has 2 aromatic carbocycles. The van der Waals surface area contributed by atoms with Crippen molar-refractivity contribution in [3.8, 4) is 0 Å². The van der Waals surface area contributed by atoms with Crippen LogP contribution in [-0.2, 0) is 15.6 Å². The highest BCUT2D eigenvalue weighted by atomic mass is 28.3. The van der Waals surface area contributed by atoms with E-state index < -0.39 is 32.3 Å². The van der Waals surface area contributed by atoms with Gasteiger partial charge in [0.2, 0.25) is 0 Å². The summed E-state index contributed by atoms with van der Waals surface area (Å²) in [6.07, 6.45) is -4.53. The van der Waals surface area contributed by atoms with Gasteiger partial charge in [0.15, 0.2) is 0 Å². The Morgan fingerprint density at radius 3 is 2.07 bits per heavy atom. The fourth-order valence-electron chi connectivity index (χ4n) is 3.35. The largest absolute Gasteiger partial charge is 0.468 e. The van der Waals surface area contributed by atoms with Crippen molar-refractivity contribution in [2.45, 2.75) is 43.4 Å². The van der Waals surface area contributed by atoms with Crippen molar-refractivity contribution in [1.29, 1.82) is 0 Å². The van der Waals surface area contributed by atoms with Crippen molar-refractivity contribution in [3.05, 3.63) is 71.8 Å². The minimum Gasteiger partial charge on any atom is -0.468 e. The van der Waals surface area contributed by atoms with Crippen molar-refractivity contribution in [2.75, 3.05) is 7.11 Å². The number of hydrogen-bond donors (Lipinski definition) is 1. The number of alkyl halides is 3. The van der Waals surface area contributed by atoms with Gasteiger partial charge in [-0.3, -0.25) is 10.1 Å². The molecule has 0 saturated heterocycles. The number of carbonyl (C=O) groups excluding carboxylic acids is 1. The van der Waals surface area contributed by atoms with Crippen molar-refractivity contribution in [2.24, 2.45) is 0 Å². The molecular formula is C21H26F3NO2Si. The summed E-state index contributed by atoms with van der Waals surface area (Å²) in [7, 11) is -0.842. The zero-order valence-electron chi connectivity index (χ0n) is 16.3. The third kappa shape index (κ3) is 6.49. The molecule has 0 saturated carbocycles. The number of ether oxygens (including phenoxy) is 1. The summed E-state index contributed by atoms with van der Waals surface area (Å²) in [5.74, 6) is -0.668. The Labute approximate surface area is 164 Å². The second kappa shape index (κ2) is 9.38. The summed E-state index contributed by atoms with van der Waals surface area (Å²) >= 11 is 0. The Bertz CT molecular complexity index is 751. The average Bonchev–Trinajstić information content (AvgIpc) is 2.64. The SMILES string of the molecule is COC(=O)[C@H](C[Si](C)(C)Cc1ccccc1)NC(c1ccccc1)C(F)(F)F. The van der Waals surface area contributed by atoms with Crippen molar-refractivity contribution >= 4 is 14.0 Å². The summed E-state index contributed by atoms with van der Waals surface area (Å²) in [4.78, 5) is 12.3. The van der Waals surface area contributed by atoms with Gasteiger partial charge in [-0.2, -0.15) is 13.2 Å². The Hall–Kier alpha value is -2.12. The van der Waals surface area contributed by atoms with E-state index in [0.717, 1.165) is 11.6 Å². The maximum absolute atomic E-state index is 13.7. The standard InChI is InChI=1S/C21H26F3NO2Si/c1-27-20(26)18(15-28(2,3)14-16-10-6-4-7-11-16)25-19(21(22,23)24)17-12-8-5-9-13-17/h4-13,18-19,25H,14-15H2,1-3H3/t18-,19?/m0/s1. The summed E-state index contributed by atoms with van der Waals surface area (Å²) < 4.78 is 45.9. The van der Waals surface area contributed by atoms with E-state index in [0.29, 0.717) is 6.04 Å². The molecule has 0 radical (unpaired) electrons. The minimum absolute atomic E-state index is 0.0754. The van der Waals surface area contributed by atoms with Gasteiger partial charge in [0.1, 0.15) is 12.1 Å².